The lowest BCUT2D eigenvalue weighted by molar-refractivity contribution is -0.149. The molecule has 1 aliphatic heterocycles. The number of nitrogens with one attached hydrogen (secondary N) is 3. The summed E-state index contributed by atoms with van der Waals surface area (Å²) in [5.74, 6) is -6.54. The van der Waals surface area contributed by atoms with Gasteiger partial charge in [0.05, 0.1) is 12.6 Å². The molecule has 1 aliphatic rings. The summed E-state index contributed by atoms with van der Waals surface area (Å²) in [6.07, 6.45) is -0.170. The van der Waals surface area contributed by atoms with Crippen molar-refractivity contribution in [1.82, 2.24) is 9.88 Å². The predicted octanol–water partition coefficient (Wildman–Crippen LogP) is 4.03. The highest BCUT2D eigenvalue weighted by Crippen LogP contribution is 2.40. The molecule has 0 spiro atoms. The largest absolute Gasteiger partial charge is 0.504 e. The number of carbonyl (C=O) groups is 1. The van der Waals surface area contributed by atoms with Crippen LogP contribution in [0.15, 0.2) is 42.5 Å². The van der Waals surface area contributed by atoms with Crippen molar-refractivity contribution in [3.05, 3.63) is 59.7 Å². The maximum atomic E-state index is 15.8. The number of likely N-dealkylation sites (tertiary alicyclic amines) is 1. The average Bonchev–Trinajstić information content (AvgIpc) is 2.95. The minimum absolute atomic E-state index is 0.0641. The van der Waals surface area contributed by atoms with E-state index >= 15 is 8.78 Å². The van der Waals surface area contributed by atoms with Gasteiger partial charge in [-0.2, -0.15) is 13.8 Å². The normalized spacial score (nSPS) is 13.8. The fraction of sp³-hybridized carbons (Fsp3) is 0.310. The standard InChI is InChI=1S/C29H33F2N7O6/c1-15(2)41-22(40)14-38-10-8-18(9-11-38)42-25-23(30)27(43-19-5-3-4-17(13-19)36-29(34)35)37-28(24(25)31)44-21-12-16(26(32)33)6-7-20(21)39/h3-7,12-13,15,18,39H,8-11,14H2,1-2H3,(H3,32,33)(H4,34,35,36). The molecule has 1 saturated heterocycles. The number of guanidine groups is 1. The van der Waals surface area contributed by atoms with Gasteiger partial charge in [-0.3, -0.25) is 20.5 Å². The first-order valence-electron chi connectivity index (χ1n) is 13.6. The number of ether oxygens (including phenoxy) is 4. The monoisotopic (exact) mass is 613 g/mol. The number of phenols is 1. The van der Waals surface area contributed by atoms with Crippen LogP contribution in [0.25, 0.3) is 0 Å². The molecular weight excluding hydrogens is 580 g/mol. The van der Waals surface area contributed by atoms with Crippen LogP contribution >= 0.6 is 0 Å². The minimum Gasteiger partial charge on any atom is -0.504 e. The van der Waals surface area contributed by atoms with E-state index in [1.54, 1.807) is 26.0 Å². The summed E-state index contributed by atoms with van der Waals surface area (Å²) in [7, 11) is 0. The highest BCUT2D eigenvalue weighted by atomic mass is 19.1. The number of nitrogens with two attached hydrogens (primary N) is 2. The number of pyridine rings is 1. The first kappa shape index (κ1) is 31.7. The Morgan fingerprint density at radius 1 is 1.09 bits per heavy atom. The second-order valence-electron chi connectivity index (χ2n) is 10.2. The number of piperidine rings is 1. The van der Waals surface area contributed by atoms with Crippen molar-refractivity contribution in [1.29, 1.82) is 10.8 Å². The van der Waals surface area contributed by atoms with E-state index in [0.717, 1.165) is 0 Å². The Morgan fingerprint density at radius 3 is 2.41 bits per heavy atom. The number of aromatic hydroxyl groups is 1. The summed E-state index contributed by atoms with van der Waals surface area (Å²) in [5, 5.41) is 27.9. The Morgan fingerprint density at radius 2 is 1.77 bits per heavy atom. The van der Waals surface area contributed by atoms with Crippen LogP contribution in [0.4, 0.5) is 14.5 Å². The number of esters is 1. The third-order valence-electron chi connectivity index (χ3n) is 6.32. The first-order valence-corrected chi connectivity index (χ1v) is 13.6. The van der Waals surface area contributed by atoms with Gasteiger partial charge in [0, 0.05) is 30.4 Å². The number of carbonyl (C=O) groups excluding carboxylic acids is 1. The second kappa shape index (κ2) is 13.9. The van der Waals surface area contributed by atoms with Crippen molar-refractivity contribution >= 4 is 23.5 Å². The first-order chi connectivity index (χ1) is 20.9. The quantitative estimate of drug-likeness (QED) is 0.104. The maximum Gasteiger partial charge on any atom is 0.320 e. The van der Waals surface area contributed by atoms with E-state index in [1.165, 1.54) is 30.3 Å². The van der Waals surface area contributed by atoms with Crippen LogP contribution in [-0.2, 0) is 9.53 Å². The van der Waals surface area contributed by atoms with E-state index in [0.29, 0.717) is 31.6 Å². The Kier molecular flexibility index (Phi) is 10.0. The van der Waals surface area contributed by atoms with E-state index in [1.807, 2.05) is 4.90 Å². The van der Waals surface area contributed by atoms with Crippen molar-refractivity contribution in [2.45, 2.75) is 38.9 Å². The number of nitrogen functional groups attached to an aromatic ring is 1. The number of hydrogen-bond acceptors (Lipinski definition) is 10. The molecule has 0 bridgehead atoms. The topological polar surface area (TPSA) is 202 Å². The van der Waals surface area contributed by atoms with Crippen molar-refractivity contribution in [2.24, 2.45) is 11.5 Å². The van der Waals surface area contributed by atoms with E-state index in [2.05, 4.69) is 10.3 Å². The summed E-state index contributed by atoms with van der Waals surface area (Å²) in [5.41, 5.74) is 11.4. The molecular formula is C29H33F2N7O6. The molecule has 2 heterocycles. The van der Waals surface area contributed by atoms with Crippen molar-refractivity contribution in [2.75, 3.05) is 25.0 Å². The van der Waals surface area contributed by atoms with Gasteiger partial charge in [-0.15, -0.1) is 0 Å². The Balaban J connectivity index is 1.63. The average molecular weight is 614 g/mol. The molecule has 1 aromatic heterocycles. The number of aromatic nitrogens is 1. The summed E-state index contributed by atoms with van der Waals surface area (Å²) in [4.78, 5) is 17.8. The van der Waals surface area contributed by atoms with Crippen LogP contribution in [0.1, 0.15) is 32.3 Å². The molecule has 0 amide bonds. The van der Waals surface area contributed by atoms with E-state index < -0.39 is 41.0 Å². The van der Waals surface area contributed by atoms with E-state index in [-0.39, 0.29) is 47.5 Å². The Hall–Kier alpha value is -5.18. The molecule has 8 N–H and O–H groups in total. The van der Waals surface area contributed by atoms with E-state index in [4.69, 9.17) is 41.2 Å². The highest BCUT2D eigenvalue weighted by Gasteiger charge is 2.30. The van der Waals surface area contributed by atoms with Gasteiger partial charge >= 0.3 is 5.97 Å². The number of anilines is 1. The smallest absolute Gasteiger partial charge is 0.320 e. The number of nitrogens with zero attached hydrogens (tertiary/aromatic N) is 2. The maximum absolute atomic E-state index is 15.8. The van der Waals surface area contributed by atoms with Crippen molar-refractivity contribution in [3.8, 4) is 34.8 Å². The van der Waals surface area contributed by atoms with Crippen LogP contribution in [0, 0.1) is 22.5 Å². The number of phenolic OH excluding ortho intramolecular Hbond substituents is 1. The van der Waals surface area contributed by atoms with Gasteiger partial charge in [-0.25, -0.2) is 0 Å². The molecule has 44 heavy (non-hydrogen) atoms. The van der Waals surface area contributed by atoms with Crippen LogP contribution in [0.2, 0.25) is 0 Å². The van der Waals surface area contributed by atoms with Crippen LogP contribution in [0.3, 0.4) is 0 Å². The summed E-state index contributed by atoms with van der Waals surface area (Å²) < 4.78 is 53.7. The summed E-state index contributed by atoms with van der Waals surface area (Å²) >= 11 is 0. The van der Waals surface area contributed by atoms with Crippen LogP contribution in [-0.4, -0.2) is 64.6 Å². The molecule has 2 aromatic carbocycles. The van der Waals surface area contributed by atoms with Gasteiger partial charge in [0.2, 0.25) is 17.4 Å². The number of halogens is 2. The van der Waals surface area contributed by atoms with Crippen LogP contribution in [0.5, 0.6) is 34.8 Å². The lowest BCUT2D eigenvalue weighted by Crippen LogP contribution is -2.41. The lowest BCUT2D eigenvalue weighted by Gasteiger charge is -2.31. The van der Waals surface area contributed by atoms with Crippen molar-refractivity contribution < 1.29 is 37.6 Å². The minimum atomic E-state index is -1.29. The Labute approximate surface area is 251 Å². The third kappa shape index (κ3) is 8.22. The molecule has 0 saturated carbocycles. The zero-order valence-corrected chi connectivity index (χ0v) is 24.0. The fourth-order valence-electron chi connectivity index (χ4n) is 4.33. The SMILES string of the molecule is CC(C)OC(=O)CN1CCC(Oc2c(F)c(Oc3cccc(NC(=N)N)c3)nc(Oc3cc(C(=N)N)ccc3O)c2F)CC1. The van der Waals surface area contributed by atoms with Gasteiger partial charge in [-0.05, 0) is 57.0 Å². The zero-order chi connectivity index (χ0) is 32.0. The molecule has 13 nitrogen and oxygen atoms in total. The predicted molar refractivity (Wildman–Crippen MR) is 157 cm³/mol. The zero-order valence-electron chi connectivity index (χ0n) is 24.0. The molecule has 234 valence electrons. The number of rotatable bonds is 11. The van der Waals surface area contributed by atoms with Crippen molar-refractivity contribution in [3.63, 3.8) is 0 Å². The molecule has 0 unspecified atom stereocenters. The van der Waals surface area contributed by atoms with Gasteiger partial charge in [0.1, 0.15) is 17.7 Å². The molecule has 0 radical (unpaired) electrons. The molecule has 0 aliphatic carbocycles. The third-order valence-corrected chi connectivity index (χ3v) is 6.32. The number of hydrogen-bond donors (Lipinski definition) is 6. The van der Waals surface area contributed by atoms with Gasteiger partial charge < -0.3 is 40.8 Å². The van der Waals surface area contributed by atoms with Gasteiger partial charge in [0.25, 0.3) is 11.8 Å². The summed E-state index contributed by atoms with van der Waals surface area (Å²) in [6, 6.07) is 9.77. The highest BCUT2D eigenvalue weighted by molar-refractivity contribution is 5.95. The molecule has 1 fully saturated rings. The van der Waals surface area contributed by atoms with E-state index in [9.17, 15) is 9.90 Å². The second-order valence-corrected chi connectivity index (χ2v) is 10.2. The Bertz CT molecular complexity index is 1550. The number of benzene rings is 2. The molecule has 0 atom stereocenters. The molecule has 15 heteroatoms. The number of amidine groups is 1. The fourth-order valence-corrected chi connectivity index (χ4v) is 4.33. The molecule has 3 aromatic rings. The lowest BCUT2D eigenvalue weighted by atomic mass is 10.1. The molecule has 4 rings (SSSR count). The summed E-state index contributed by atoms with van der Waals surface area (Å²) in [6.45, 7) is 4.43. The van der Waals surface area contributed by atoms with Gasteiger partial charge in [-0.1, -0.05) is 6.07 Å². The van der Waals surface area contributed by atoms with Gasteiger partial charge in [0.15, 0.2) is 17.5 Å². The van der Waals surface area contributed by atoms with Crippen LogP contribution < -0.4 is 31.0 Å².